The number of rotatable bonds is 20. The van der Waals surface area contributed by atoms with Crippen LogP contribution in [-0.4, -0.2) is 106 Å². The van der Waals surface area contributed by atoms with Crippen LogP contribution in [0.15, 0.2) is 0 Å². The number of hydrogen-bond acceptors (Lipinski definition) is 10. The summed E-state index contributed by atoms with van der Waals surface area (Å²) < 4.78 is 0. The van der Waals surface area contributed by atoms with E-state index in [-0.39, 0.29) is 12.3 Å². The van der Waals surface area contributed by atoms with Gasteiger partial charge in [-0.1, -0.05) is 48.0 Å². The van der Waals surface area contributed by atoms with Crippen LogP contribution in [0.1, 0.15) is 81.1 Å². The summed E-state index contributed by atoms with van der Waals surface area (Å²) in [7, 11) is 0. The van der Waals surface area contributed by atoms with E-state index >= 15 is 0 Å². The van der Waals surface area contributed by atoms with Gasteiger partial charge < -0.3 is 53.4 Å². The van der Waals surface area contributed by atoms with Crippen LogP contribution in [0.5, 0.6) is 0 Å². The highest BCUT2D eigenvalue weighted by Crippen LogP contribution is 2.11. The van der Waals surface area contributed by atoms with Gasteiger partial charge in [-0.05, 0) is 50.5 Å². The molecule has 5 amide bonds. The van der Waals surface area contributed by atoms with Gasteiger partial charge in [-0.15, -0.1) is 0 Å². The second-order valence-electron chi connectivity index (χ2n) is 12.1. The topological polar surface area (TPSA) is 292 Å². The number of unbranched alkanes of at least 4 members (excludes halogenated alkanes) is 1. The monoisotopic (exact) mass is 675 g/mol. The van der Waals surface area contributed by atoms with Crippen molar-refractivity contribution in [2.75, 3.05) is 13.2 Å². The smallest absolute Gasteiger partial charge is 0.326 e. The Morgan fingerprint density at radius 2 is 1.13 bits per heavy atom. The van der Waals surface area contributed by atoms with Crippen LogP contribution in [0.25, 0.3) is 0 Å². The lowest BCUT2D eigenvalue weighted by molar-refractivity contribution is -0.143. The summed E-state index contributed by atoms with van der Waals surface area (Å²) in [4.78, 5) is 85.2. The first-order valence-electron chi connectivity index (χ1n) is 15.8. The molecule has 7 atom stereocenters. The summed E-state index contributed by atoms with van der Waals surface area (Å²) in [6, 6.07) is -6.68. The molecule has 0 aliphatic rings. The summed E-state index contributed by atoms with van der Waals surface area (Å²) in [5, 5.41) is 38.8. The molecular weight excluding hydrogens is 618 g/mol. The van der Waals surface area contributed by atoms with E-state index in [9.17, 15) is 39.0 Å². The number of amides is 5. The molecule has 12 N–H and O–H groups in total. The highest BCUT2D eigenvalue weighted by molar-refractivity contribution is 5.96. The minimum atomic E-state index is -1.22. The molecule has 0 aromatic rings. The van der Waals surface area contributed by atoms with Gasteiger partial charge in [0.05, 0.1) is 6.61 Å². The highest BCUT2D eigenvalue weighted by Gasteiger charge is 2.34. The molecule has 0 rings (SSSR count). The number of carboxylic acid groups (broad SMARTS) is 2. The van der Waals surface area contributed by atoms with Gasteiger partial charge in [0.2, 0.25) is 29.5 Å². The summed E-state index contributed by atoms with van der Waals surface area (Å²) in [6.45, 7) is 12.5. The van der Waals surface area contributed by atoms with Crippen LogP contribution in [0, 0.1) is 17.8 Å². The van der Waals surface area contributed by atoms with E-state index in [2.05, 4.69) is 26.6 Å². The Morgan fingerprint density at radius 1 is 0.660 bits per heavy atom. The lowest BCUT2D eigenvalue weighted by Crippen LogP contribution is -2.60. The first-order chi connectivity index (χ1) is 21.7. The Morgan fingerprint density at radius 3 is 1.55 bits per heavy atom. The van der Waals surface area contributed by atoms with Crippen molar-refractivity contribution in [3.05, 3.63) is 0 Å². The first-order valence-corrected chi connectivity index (χ1v) is 15.8. The van der Waals surface area contributed by atoms with Crippen molar-refractivity contribution < 1.29 is 48.9 Å². The number of aliphatic carboxylic acids is 2. The lowest BCUT2D eigenvalue weighted by atomic mass is 9.96. The molecule has 17 nitrogen and oxygen atoms in total. The number of nitrogens with two attached hydrogens (primary N) is 2. The maximum atomic E-state index is 13.4. The van der Waals surface area contributed by atoms with Gasteiger partial charge in [-0.25, -0.2) is 4.79 Å². The third-order valence-electron chi connectivity index (χ3n) is 7.14. The SMILES string of the molecule is CC(=O)O.CC[C@H](C)[C@H](NC(=O)[C@@H](N)CO)C(=O)N[C@@H](CCCCN)C(=O)N[C@H](C(=O)N[C@@H](C)C(=O)N[C@H](C(=O)O)C(C)C)C(C)C. The Kier molecular flexibility index (Phi) is 22.6. The van der Waals surface area contributed by atoms with Crippen molar-refractivity contribution in [1.29, 1.82) is 0 Å². The summed E-state index contributed by atoms with van der Waals surface area (Å²) >= 11 is 0. The Hall–Kier alpha value is -3.83. The fraction of sp³-hybridized carbons (Fsp3) is 0.767. The minimum Gasteiger partial charge on any atom is -0.481 e. The van der Waals surface area contributed by atoms with Crippen LogP contribution in [0.3, 0.4) is 0 Å². The molecule has 17 heteroatoms. The Balaban J connectivity index is 0. The van der Waals surface area contributed by atoms with Gasteiger partial charge in [0.25, 0.3) is 5.97 Å². The molecule has 0 bridgehead atoms. The maximum Gasteiger partial charge on any atom is 0.326 e. The molecule has 0 heterocycles. The minimum absolute atomic E-state index is 0.198. The molecule has 0 aliphatic carbocycles. The first kappa shape index (κ1) is 45.3. The van der Waals surface area contributed by atoms with Crippen LogP contribution >= 0.6 is 0 Å². The molecule has 0 aromatic carbocycles. The number of carboxylic acids is 2. The van der Waals surface area contributed by atoms with E-state index in [4.69, 9.17) is 21.4 Å². The molecule has 0 spiro atoms. The zero-order valence-electron chi connectivity index (χ0n) is 28.8. The van der Waals surface area contributed by atoms with Crippen molar-refractivity contribution >= 4 is 41.5 Å². The van der Waals surface area contributed by atoms with Crippen LogP contribution < -0.4 is 38.1 Å². The van der Waals surface area contributed by atoms with Crippen LogP contribution in [0.2, 0.25) is 0 Å². The van der Waals surface area contributed by atoms with E-state index in [0.717, 1.165) is 6.92 Å². The normalized spacial score (nSPS) is 15.3. The van der Waals surface area contributed by atoms with Crippen LogP contribution in [0.4, 0.5) is 0 Å². The number of hydrogen-bond donors (Lipinski definition) is 10. The molecule has 0 saturated carbocycles. The third kappa shape index (κ3) is 18.2. The third-order valence-corrected chi connectivity index (χ3v) is 7.14. The van der Waals surface area contributed by atoms with Gasteiger partial charge >= 0.3 is 5.97 Å². The largest absolute Gasteiger partial charge is 0.481 e. The second-order valence-corrected chi connectivity index (χ2v) is 12.1. The van der Waals surface area contributed by atoms with E-state index in [1.165, 1.54) is 6.92 Å². The molecule has 0 radical (unpaired) electrons. The number of aliphatic hydroxyl groups excluding tert-OH is 1. The molecular formula is C30H57N7O10. The molecule has 0 saturated heterocycles. The molecule has 0 aromatic heterocycles. The van der Waals surface area contributed by atoms with Crippen molar-refractivity contribution in [2.24, 2.45) is 29.2 Å². The summed E-state index contributed by atoms with van der Waals surface area (Å²) in [6.07, 6.45) is 1.78. The van der Waals surface area contributed by atoms with Gasteiger partial charge in [0.1, 0.15) is 36.3 Å². The molecule has 272 valence electrons. The van der Waals surface area contributed by atoms with Crippen molar-refractivity contribution in [2.45, 2.75) is 117 Å². The van der Waals surface area contributed by atoms with Gasteiger partial charge in [-0.2, -0.15) is 0 Å². The lowest BCUT2D eigenvalue weighted by Gasteiger charge is -2.29. The summed E-state index contributed by atoms with van der Waals surface area (Å²) in [5.41, 5.74) is 11.2. The maximum absolute atomic E-state index is 13.4. The average molecular weight is 676 g/mol. The zero-order valence-corrected chi connectivity index (χ0v) is 28.8. The molecule has 0 unspecified atom stereocenters. The van der Waals surface area contributed by atoms with Gasteiger partial charge in [0, 0.05) is 6.92 Å². The number of carbonyl (C=O) groups is 7. The fourth-order valence-electron chi connectivity index (χ4n) is 4.02. The quantitative estimate of drug-likeness (QED) is 0.0654. The van der Waals surface area contributed by atoms with Crippen LogP contribution in [-0.2, 0) is 33.6 Å². The van der Waals surface area contributed by atoms with Gasteiger partial charge in [0.15, 0.2) is 0 Å². The molecule has 0 aliphatic heterocycles. The Bertz CT molecular complexity index is 1040. The highest BCUT2D eigenvalue weighted by atomic mass is 16.4. The molecule has 47 heavy (non-hydrogen) atoms. The predicted molar refractivity (Wildman–Crippen MR) is 173 cm³/mol. The van der Waals surface area contributed by atoms with E-state index in [1.807, 2.05) is 6.92 Å². The number of aliphatic hydroxyl groups is 1. The average Bonchev–Trinajstić information content (AvgIpc) is 2.98. The van der Waals surface area contributed by atoms with E-state index in [1.54, 1.807) is 34.6 Å². The Labute approximate surface area is 276 Å². The predicted octanol–water partition coefficient (Wildman–Crippen LogP) is -1.59. The van der Waals surface area contributed by atoms with Gasteiger partial charge in [-0.3, -0.25) is 28.8 Å². The second kappa shape index (κ2) is 23.5. The molecule has 0 fully saturated rings. The fourth-order valence-corrected chi connectivity index (χ4v) is 4.02. The zero-order chi connectivity index (χ0) is 37.0. The summed E-state index contributed by atoms with van der Waals surface area (Å²) in [5.74, 6) is -6.55. The van der Waals surface area contributed by atoms with Crippen molar-refractivity contribution in [3.63, 3.8) is 0 Å². The van der Waals surface area contributed by atoms with E-state index in [0.29, 0.717) is 25.8 Å². The number of carbonyl (C=O) groups excluding carboxylic acids is 5. The number of nitrogens with one attached hydrogen (secondary N) is 5. The van der Waals surface area contributed by atoms with Crippen molar-refractivity contribution in [1.82, 2.24) is 26.6 Å². The standard InChI is InChI=1S/C28H53N7O8.C2H4O2/c1-8-16(6)22(35-24(38)18(30)13-36)27(41)32-19(11-9-10-12-29)25(39)33-20(14(2)3)26(40)31-17(7)23(37)34-21(15(4)5)28(42)43;1-2(3)4/h14-22,36H,8-13,29-30H2,1-7H3,(H,31,40)(H,32,41)(H,33,39)(H,34,37)(H,35,38)(H,42,43);1H3,(H,3,4)/t16-,17-,18-,19-,20-,21-,22-;/m0./s1. The van der Waals surface area contributed by atoms with Crippen molar-refractivity contribution in [3.8, 4) is 0 Å². The van der Waals surface area contributed by atoms with E-state index < -0.39 is 96.2 Å².